The average molecular weight is 419 g/mol. The van der Waals surface area contributed by atoms with Gasteiger partial charge in [-0.25, -0.2) is 9.37 Å². The zero-order valence-electron chi connectivity index (χ0n) is 14.6. The molecule has 3 aromatic heterocycles. The van der Waals surface area contributed by atoms with E-state index in [4.69, 9.17) is 0 Å². The molecule has 5 rings (SSSR count). The third kappa shape index (κ3) is 3.03. The molecular formula is C19H16ClFN4O2S. The first-order valence-corrected chi connectivity index (χ1v) is 9.43. The summed E-state index contributed by atoms with van der Waals surface area (Å²) in [5, 5.41) is 4.69. The number of thiophene rings is 1. The molecule has 1 aromatic carbocycles. The van der Waals surface area contributed by atoms with E-state index in [0.717, 1.165) is 34.8 Å². The summed E-state index contributed by atoms with van der Waals surface area (Å²) in [7, 11) is 0. The van der Waals surface area contributed by atoms with Crippen molar-refractivity contribution in [2.24, 2.45) is 0 Å². The minimum absolute atomic E-state index is 0. The Kier molecular flexibility index (Phi) is 4.78. The average Bonchev–Trinajstić information content (AvgIpc) is 3.04. The molecule has 0 unspecified atom stereocenters. The first-order valence-electron chi connectivity index (χ1n) is 8.62. The number of fused-ring (bicyclic) bond motifs is 4. The quantitative estimate of drug-likeness (QED) is 0.524. The van der Waals surface area contributed by atoms with Gasteiger partial charge in [-0.05, 0) is 48.2 Å². The first kappa shape index (κ1) is 18.8. The van der Waals surface area contributed by atoms with Gasteiger partial charge in [0.05, 0.1) is 23.8 Å². The molecule has 2 N–H and O–H groups in total. The number of nitrogens with zero attached hydrogens (tertiary/aromatic N) is 2. The maximum atomic E-state index is 13.3. The van der Waals surface area contributed by atoms with Gasteiger partial charge in [0.25, 0.3) is 11.1 Å². The van der Waals surface area contributed by atoms with E-state index in [1.807, 2.05) is 0 Å². The summed E-state index contributed by atoms with van der Waals surface area (Å²) in [5.41, 5.74) is 1.48. The first-order chi connectivity index (χ1) is 13.1. The zero-order valence-corrected chi connectivity index (χ0v) is 16.3. The van der Waals surface area contributed by atoms with E-state index in [0.29, 0.717) is 21.9 Å². The van der Waals surface area contributed by atoms with Crippen molar-refractivity contribution in [2.45, 2.75) is 19.5 Å². The Labute approximate surface area is 168 Å². The maximum Gasteiger partial charge on any atom is 0.262 e. The normalized spacial score (nSPS) is 13.5. The van der Waals surface area contributed by atoms with Gasteiger partial charge in [0.2, 0.25) is 0 Å². The molecule has 0 atom stereocenters. The molecule has 0 amide bonds. The number of halogens is 2. The number of aromatic amines is 1. The molecule has 144 valence electrons. The predicted octanol–water partition coefficient (Wildman–Crippen LogP) is 2.55. The van der Waals surface area contributed by atoms with E-state index >= 15 is 0 Å². The maximum absolute atomic E-state index is 13.3. The molecule has 1 aliphatic rings. The molecule has 0 spiro atoms. The second-order valence-electron chi connectivity index (χ2n) is 6.64. The van der Waals surface area contributed by atoms with Gasteiger partial charge in [0.15, 0.2) is 0 Å². The van der Waals surface area contributed by atoms with Crippen molar-refractivity contribution in [1.29, 1.82) is 0 Å². The van der Waals surface area contributed by atoms with Crippen LogP contribution in [0.25, 0.3) is 21.1 Å². The Balaban J connectivity index is 0.00000192. The Morgan fingerprint density at radius 1 is 1.25 bits per heavy atom. The lowest BCUT2D eigenvalue weighted by atomic mass is 10.1. The lowest BCUT2D eigenvalue weighted by Gasteiger charge is -2.12. The SMILES string of the molecule is Cl.O=c1[nH]c2cc(F)ccc2cc1Cn1cnc2sc3c(c2c1=O)CCNC3. The molecule has 28 heavy (non-hydrogen) atoms. The highest BCUT2D eigenvalue weighted by atomic mass is 35.5. The van der Waals surface area contributed by atoms with Crippen LogP contribution in [0.2, 0.25) is 0 Å². The van der Waals surface area contributed by atoms with Crippen LogP contribution >= 0.6 is 23.7 Å². The summed E-state index contributed by atoms with van der Waals surface area (Å²) >= 11 is 1.54. The lowest BCUT2D eigenvalue weighted by Crippen LogP contribution is -2.26. The molecule has 0 saturated carbocycles. The molecule has 4 aromatic rings. The third-order valence-corrected chi connectivity index (χ3v) is 6.06. The van der Waals surface area contributed by atoms with Crippen LogP contribution in [0.5, 0.6) is 0 Å². The van der Waals surface area contributed by atoms with E-state index < -0.39 is 5.82 Å². The number of benzene rings is 1. The van der Waals surface area contributed by atoms with Crippen molar-refractivity contribution in [1.82, 2.24) is 19.9 Å². The summed E-state index contributed by atoms with van der Waals surface area (Å²) in [6.07, 6.45) is 2.30. The van der Waals surface area contributed by atoms with E-state index in [1.165, 1.54) is 23.0 Å². The molecule has 0 bridgehead atoms. The van der Waals surface area contributed by atoms with Crippen LogP contribution in [0, 0.1) is 5.82 Å². The minimum atomic E-state index is -0.409. The molecule has 9 heteroatoms. The zero-order chi connectivity index (χ0) is 18.5. The molecule has 0 aliphatic carbocycles. The van der Waals surface area contributed by atoms with Crippen molar-refractivity contribution < 1.29 is 4.39 Å². The second-order valence-corrected chi connectivity index (χ2v) is 7.73. The molecular weight excluding hydrogens is 403 g/mol. The number of pyridine rings is 1. The number of nitrogens with one attached hydrogen (secondary N) is 2. The van der Waals surface area contributed by atoms with Crippen molar-refractivity contribution in [3.05, 3.63) is 73.1 Å². The largest absolute Gasteiger partial charge is 0.322 e. The van der Waals surface area contributed by atoms with Gasteiger partial charge in [0, 0.05) is 17.0 Å². The molecule has 1 aliphatic heterocycles. The predicted molar refractivity (Wildman–Crippen MR) is 110 cm³/mol. The minimum Gasteiger partial charge on any atom is -0.322 e. The van der Waals surface area contributed by atoms with Crippen LogP contribution in [0.3, 0.4) is 0 Å². The topological polar surface area (TPSA) is 79.8 Å². The number of H-pyrrole nitrogens is 1. The summed E-state index contributed by atoms with van der Waals surface area (Å²) < 4.78 is 14.8. The second kappa shape index (κ2) is 7.12. The van der Waals surface area contributed by atoms with Gasteiger partial charge in [-0.3, -0.25) is 14.2 Å². The highest BCUT2D eigenvalue weighted by molar-refractivity contribution is 7.18. The lowest BCUT2D eigenvalue weighted by molar-refractivity contribution is 0.629. The highest BCUT2D eigenvalue weighted by Crippen LogP contribution is 2.29. The van der Waals surface area contributed by atoms with Gasteiger partial charge in [-0.15, -0.1) is 23.7 Å². The van der Waals surface area contributed by atoms with Crippen molar-refractivity contribution in [3.63, 3.8) is 0 Å². The van der Waals surface area contributed by atoms with Crippen molar-refractivity contribution >= 4 is 44.9 Å². The van der Waals surface area contributed by atoms with E-state index in [9.17, 15) is 14.0 Å². The van der Waals surface area contributed by atoms with Crippen LogP contribution in [0.15, 0.2) is 40.2 Å². The Hall–Kier alpha value is -2.55. The summed E-state index contributed by atoms with van der Waals surface area (Å²) in [6.45, 7) is 1.72. The van der Waals surface area contributed by atoms with E-state index in [-0.39, 0.29) is 30.1 Å². The highest BCUT2D eigenvalue weighted by Gasteiger charge is 2.20. The molecule has 0 saturated heterocycles. The smallest absolute Gasteiger partial charge is 0.262 e. The van der Waals surface area contributed by atoms with Crippen LogP contribution < -0.4 is 16.4 Å². The third-order valence-electron chi connectivity index (χ3n) is 4.92. The summed E-state index contributed by atoms with van der Waals surface area (Å²) in [6, 6.07) is 5.93. The summed E-state index contributed by atoms with van der Waals surface area (Å²) in [5.74, 6) is -0.409. The molecule has 0 fully saturated rings. The molecule has 6 nitrogen and oxygen atoms in total. The fraction of sp³-hybridized carbons (Fsp3) is 0.211. The van der Waals surface area contributed by atoms with Crippen LogP contribution in [-0.4, -0.2) is 21.1 Å². The van der Waals surface area contributed by atoms with Crippen molar-refractivity contribution in [3.8, 4) is 0 Å². The van der Waals surface area contributed by atoms with E-state index in [2.05, 4.69) is 15.3 Å². The van der Waals surface area contributed by atoms with Crippen LogP contribution in [0.4, 0.5) is 4.39 Å². The number of hydrogen-bond acceptors (Lipinski definition) is 5. The Morgan fingerprint density at radius 2 is 2.11 bits per heavy atom. The van der Waals surface area contributed by atoms with Crippen molar-refractivity contribution in [2.75, 3.05) is 6.54 Å². The number of rotatable bonds is 2. The van der Waals surface area contributed by atoms with Gasteiger partial charge < -0.3 is 10.3 Å². The standard InChI is InChI=1S/C19H15FN4O2S.ClH/c20-12-2-1-10-5-11(17(25)23-14(10)6-12)8-24-9-22-18-16(19(24)26)13-3-4-21-7-15(13)27-18;/h1-2,5-6,9,21H,3-4,7-8H2,(H,23,25);1H. The number of hydrogen-bond donors (Lipinski definition) is 2. The fourth-order valence-corrected chi connectivity index (χ4v) is 4.73. The number of aromatic nitrogens is 3. The molecule has 4 heterocycles. The monoisotopic (exact) mass is 418 g/mol. The van der Waals surface area contributed by atoms with Crippen LogP contribution in [0.1, 0.15) is 16.0 Å². The summed E-state index contributed by atoms with van der Waals surface area (Å²) in [4.78, 5) is 34.4. The fourth-order valence-electron chi connectivity index (χ4n) is 3.58. The van der Waals surface area contributed by atoms with Gasteiger partial charge in [-0.2, -0.15) is 0 Å². The Morgan fingerprint density at radius 3 is 2.96 bits per heavy atom. The van der Waals surface area contributed by atoms with Gasteiger partial charge in [0.1, 0.15) is 10.6 Å². The van der Waals surface area contributed by atoms with Gasteiger partial charge in [-0.1, -0.05) is 0 Å². The van der Waals surface area contributed by atoms with E-state index in [1.54, 1.807) is 23.5 Å². The Bertz CT molecular complexity index is 1330. The van der Waals surface area contributed by atoms with Crippen LogP contribution in [-0.2, 0) is 19.5 Å². The molecule has 0 radical (unpaired) electrons. The van der Waals surface area contributed by atoms with Gasteiger partial charge >= 0.3 is 0 Å².